The lowest BCUT2D eigenvalue weighted by Gasteiger charge is -2.07. The number of carbonyl (C=O) groups excluding carboxylic acids is 1. The number of hydrogen-bond acceptors (Lipinski definition) is 5. The van der Waals surface area contributed by atoms with Crippen LogP contribution in [0.25, 0.3) is 21.7 Å². The van der Waals surface area contributed by atoms with Crippen molar-refractivity contribution in [3.8, 4) is 11.3 Å². The SMILES string of the molecule is CCOC(=O)c1sc(N=[N+]=[N-])nc1-c1ccc(C(F)(F)F)cc1. The van der Waals surface area contributed by atoms with Gasteiger partial charge in [-0.1, -0.05) is 12.1 Å². The molecule has 0 saturated heterocycles. The molecule has 1 aromatic carbocycles. The predicted octanol–water partition coefficient (Wildman–Crippen LogP) is 4.95. The largest absolute Gasteiger partial charge is 0.462 e. The maximum atomic E-state index is 12.6. The summed E-state index contributed by atoms with van der Waals surface area (Å²) in [7, 11) is 0. The lowest BCUT2D eigenvalue weighted by molar-refractivity contribution is -0.137. The summed E-state index contributed by atoms with van der Waals surface area (Å²) < 4.78 is 42.7. The summed E-state index contributed by atoms with van der Waals surface area (Å²) >= 11 is 0.808. The lowest BCUT2D eigenvalue weighted by atomic mass is 10.1. The number of benzene rings is 1. The third-order valence-electron chi connectivity index (χ3n) is 2.69. The van der Waals surface area contributed by atoms with Gasteiger partial charge in [-0.3, -0.25) is 0 Å². The molecule has 10 heteroatoms. The molecule has 2 rings (SSSR count). The zero-order valence-electron chi connectivity index (χ0n) is 11.7. The van der Waals surface area contributed by atoms with Gasteiger partial charge in [-0.2, -0.15) is 13.2 Å². The fraction of sp³-hybridized carbons (Fsp3) is 0.231. The van der Waals surface area contributed by atoms with Crippen LogP contribution in [0.1, 0.15) is 22.2 Å². The number of alkyl halides is 3. The smallest absolute Gasteiger partial charge is 0.416 e. The van der Waals surface area contributed by atoms with E-state index in [1.165, 1.54) is 12.1 Å². The number of aromatic nitrogens is 1. The van der Waals surface area contributed by atoms with Gasteiger partial charge in [0.2, 0.25) is 0 Å². The van der Waals surface area contributed by atoms with Crippen LogP contribution in [0, 0.1) is 0 Å². The Morgan fingerprint density at radius 2 is 2.04 bits per heavy atom. The van der Waals surface area contributed by atoms with Gasteiger partial charge in [0.05, 0.1) is 17.9 Å². The number of halogens is 3. The molecule has 0 aliphatic rings. The van der Waals surface area contributed by atoms with Crippen molar-refractivity contribution in [2.45, 2.75) is 13.1 Å². The maximum absolute atomic E-state index is 12.6. The molecule has 0 aliphatic carbocycles. The number of hydrogen-bond donors (Lipinski definition) is 0. The van der Waals surface area contributed by atoms with Crippen molar-refractivity contribution in [2.24, 2.45) is 5.11 Å². The van der Waals surface area contributed by atoms with E-state index in [9.17, 15) is 18.0 Å². The van der Waals surface area contributed by atoms with Gasteiger partial charge < -0.3 is 4.74 Å². The highest BCUT2D eigenvalue weighted by atomic mass is 32.1. The third kappa shape index (κ3) is 3.79. The predicted molar refractivity (Wildman–Crippen MR) is 77.3 cm³/mol. The van der Waals surface area contributed by atoms with Crippen LogP contribution in [0.4, 0.5) is 18.3 Å². The monoisotopic (exact) mass is 342 g/mol. The Labute approximate surface area is 132 Å². The molecule has 0 radical (unpaired) electrons. The second-order valence-electron chi connectivity index (χ2n) is 4.16. The molecule has 0 fully saturated rings. The van der Waals surface area contributed by atoms with Gasteiger partial charge in [-0.25, -0.2) is 9.78 Å². The van der Waals surface area contributed by atoms with Gasteiger partial charge in [0.1, 0.15) is 4.88 Å². The van der Waals surface area contributed by atoms with Crippen LogP contribution >= 0.6 is 11.3 Å². The fourth-order valence-corrected chi connectivity index (χ4v) is 2.54. The number of rotatable bonds is 4. The molecule has 120 valence electrons. The first kappa shape index (κ1) is 16.8. The molecule has 2 aromatic rings. The van der Waals surface area contributed by atoms with Crippen LogP contribution in [0.15, 0.2) is 29.4 Å². The summed E-state index contributed by atoms with van der Waals surface area (Å²) in [6.45, 7) is 1.74. The van der Waals surface area contributed by atoms with E-state index in [-0.39, 0.29) is 27.9 Å². The topological polar surface area (TPSA) is 88.0 Å². The zero-order chi connectivity index (χ0) is 17.0. The highest BCUT2D eigenvalue weighted by molar-refractivity contribution is 7.17. The molecule has 6 nitrogen and oxygen atoms in total. The van der Waals surface area contributed by atoms with Gasteiger partial charge in [0.25, 0.3) is 0 Å². The van der Waals surface area contributed by atoms with Crippen molar-refractivity contribution >= 4 is 22.4 Å². The molecule has 23 heavy (non-hydrogen) atoms. The summed E-state index contributed by atoms with van der Waals surface area (Å²) in [6.07, 6.45) is -4.46. The highest BCUT2D eigenvalue weighted by Crippen LogP contribution is 2.35. The summed E-state index contributed by atoms with van der Waals surface area (Å²) in [4.78, 5) is 18.5. The number of nitrogens with zero attached hydrogens (tertiary/aromatic N) is 4. The molecule has 0 unspecified atom stereocenters. The van der Waals surface area contributed by atoms with E-state index in [2.05, 4.69) is 15.0 Å². The minimum atomic E-state index is -4.46. The number of thiazole rings is 1. The first-order chi connectivity index (χ1) is 10.9. The van der Waals surface area contributed by atoms with Crippen LogP contribution in [0.2, 0.25) is 0 Å². The number of esters is 1. The van der Waals surface area contributed by atoms with Crippen molar-refractivity contribution < 1.29 is 22.7 Å². The van der Waals surface area contributed by atoms with E-state index in [1.54, 1.807) is 6.92 Å². The molecule has 0 N–H and O–H groups in total. The van der Waals surface area contributed by atoms with E-state index in [0.717, 1.165) is 23.5 Å². The van der Waals surface area contributed by atoms with Crippen molar-refractivity contribution in [1.29, 1.82) is 0 Å². The van der Waals surface area contributed by atoms with Gasteiger partial charge in [0, 0.05) is 10.5 Å². The van der Waals surface area contributed by atoms with E-state index < -0.39 is 17.7 Å². The van der Waals surface area contributed by atoms with E-state index >= 15 is 0 Å². The number of azide groups is 1. The van der Waals surface area contributed by atoms with E-state index in [0.29, 0.717) is 0 Å². The number of ether oxygens (including phenoxy) is 1. The lowest BCUT2D eigenvalue weighted by Crippen LogP contribution is -2.05. The van der Waals surface area contributed by atoms with Crippen molar-refractivity contribution in [3.63, 3.8) is 0 Å². The third-order valence-corrected chi connectivity index (χ3v) is 3.61. The van der Waals surface area contributed by atoms with Crippen LogP contribution in [0.5, 0.6) is 0 Å². The molecule has 0 amide bonds. The summed E-state index contributed by atoms with van der Waals surface area (Å²) in [5, 5.41) is 3.29. The first-order valence-electron chi connectivity index (χ1n) is 6.27. The van der Waals surface area contributed by atoms with Crippen molar-refractivity contribution in [3.05, 3.63) is 45.1 Å². The Balaban J connectivity index is 2.48. The first-order valence-corrected chi connectivity index (χ1v) is 7.09. The highest BCUT2D eigenvalue weighted by Gasteiger charge is 2.30. The molecule has 0 spiro atoms. The van der Waals surface area contributed by atoms with Gasteiger partial charge in [0.15, 0.2) is 5.13 Å². The summed E-state index contributed by atoms with van der Waals surface area (Å²) in [5.74, 6) is -0.681. The Bertz CT molecular complexity index is 765. The Kier molecular flexibility index (Phi) is 4.87. The fourth-order valence-electron chi connectivity index (χ4n) is 1.74. The average Bonchev–Trinajstić information content (AvgIpc) is 2.91. The molecule has 1 heterocycles. The van der Waals surface area contributed by atoms with Crippen LogP contribution in [0.3, 0.4) is 0 Å². The van der Waals surface area contributed by atoms with E-state index in [1.807, 2.05) is 0 Å². The van der Waals surface area contributed by atoms with Gasteiger partial charge >= 0.3 is 12.1 Å². The van der Waals surface area contributed by atoms with Crippen LogP contribution in [-0.2, 0) is 10.9 Å². The molecular weight excluding hydrogens is 333 g/mol. The van der Waals surface area contributed by atoms with Crippen molar-refractivity contribution in [1.82, 2.24) is 4.98 Å². The van der Waals surface area contributed by atoms with Gasteiger partial charge in [-0.05, 0) is 29.7 Å². The average molecular weight is 342 g/mol. The second kappa shape index (κ2) is 6.67. The molecule has 0 atom stereocenters. The molecular formula is C13H9F3N4O2S. The Morgan fingerprint density at radius 1 is 1.39 bits per heavy atom. The molecule has 0 saturated carbocycles. The van der Waals surface area contributed by atoms with Crippen LogP contribution in [-0.4, -0.2) is 17.6 Å². The normalized spacial score (nSPS) is 11.0. The van der Waals surface area contributed by atoms with E-state index in [4.69, 9.17) is 10.3 Å². The molecule has 0 aliphatic heterocycles. The number of carbonyl (C=O) groups is 1. The minimum absolute atomic E-state index is 0.0227. The summed E-state index contributed by atoms with van der Waals surface area (Å²) in [6, 6.07) is 4.16. The minimum Gasteiger partial charge on any atom is -0.462 e. The standard InChI is InChI=1S/C13H9F3N4O2S/c1-2-22-11(21)10-9(18-12(23-10)19-20-17)7-3-5-8(6-4-7)13(14,15)16/h3-6H,2H2,1H3. The quantitative estimate of drug-likeness (QED) is 0.341. The Hall–Kier alpha value is -2.58. The summed E-state index contributed by atoms with van der Waals surface area (Å²) in [5.41, 5.74) is 8.03. The van der Waals surface area contributed by atoms with Gasteiger partial charge in [-0.15, -0.1) is 11.3 Å². The molecule has 1 aromatic heterocycles. The maximum Gasteiger partial charge on any atom is 0.416 e. The zero-order valence-corrected chi connectivity index (χ0v) is 12.5. The second-order valence-corrected chi connectivity index (χ2v) is 5.14. The molecule has 0 bridgehead atoms. The Morgan fingerprint density at radius 3 is 2.57 bits per heavy atom. The van der Waals surface area contributed by atoms with Crippen molar-refractivity contribution in [2.75, 3.05) is 6.61 Å². The van der Waals surface area contributed by atoms with Crippen LogP contribution < -0.4 is 0 Å².